The molecule has 2 N–H and O–H groups in total. The molecule has 0 radical (unpaired) electrons. The number of anilines is 1. The van der Waals surface area contributed by atoms with Gasteiger partial charge in [0, 0.05) is 5.69 Å². The van der Waals surface area contributed by atoms with Gasteiger partial charge < -0.3 is 15.4 Å². The molecule has 24 heavy (non-hydrogen) atoms. The van der Waals surface area contributed by atoms with Gasteiger partial charge in [-0.2, -0.15) is 0 Å². The molecule has 126 valence electrons. The normalized spacial score (nSPS) is 16.2. The van der Waals surface area contributed by atoms with Crippen molar-refractivity contribution in [1.29, 1.82) is 0 Å². The Morgan fingerprint density at radius 2 is 2.00 bits per heavy atom. The Balaban J connectivity index is 1.66. The SMILES string of the molecule is CCc1ccc(NC(=S)N[C@H]2CCCc3cc(OC)ccc32)cc1. The number of benzene rings is 2. The van der Waals surface area contributed by atoms with E-state index >= 15 is 0 Å². The Hall–Kier alpha value is -2.07. The summed E-state index contributed by atoms with van der Waals surface area (Å²) in [4.78, 5) is 0. The monoisotopic (exact) mass is 340 g/mol. The molecule has 1 aliphatic carbocycles. The molecule has 0 bridgehead atoms. The third kappa shape index (κ3) is 3.88. The highest BCUT2D eigenvalue weighted by molar-refractivity contribution is 7.80. The number of aryl methyl sites for hydroxylation is 2. The van der Waals surface area contributed by atoms with E-state index in [9.17, 15) is 0 Å². The van der Waals surface area contributed by atoms with E-state index in [0.29, 0.717) is 5.11 Å². The molecule has 0 fully saturated rings. The molecular weight excluding hydrogens is 316 g/mol. The van der Waals surface area contributed by atoms with Crippen LogP contribution in [0.1, 0.15) is 42.5 Å². The lowest BCUT2D eigenvalue weighted by Gasteiger charge is -2.28. The molecular formula is C20H24N2OS. The molecule has 1 atom stereocenters. The molecule has 0 aliphatic heterocycles. The number of ether oxygens (including phenoxy) is 1. The summed E-state index contributed by atoms with van der Waals surface area (Å²) in [5.74, 6) is 0.922. The number of methoxy groups -OCH3 is 1. The maximum absolute atomic E-state index is 5.51. The second-order valence-corrected chi connectivity index (χ2v) is 6.57. The van der Waals surface area contributed by atoms with Crippen LogP contribution in [0.25, 0.3) is 0 Å². The largest absolute Gasteiger partial charge is 0.497 e. The lowest BCUT2D eigenvalue weighted by Crippen LogP contribution is -2.34. The van der Waals surface area contributed by atoms with Gasteiger partial charge in [0.15, 0.2) is 5.11 Å². The summed E-state index contributed by atoms with van der Waals surface area (Å²) < 4.78 is 5.34. The molecule has 3 rings (SSSR count). The van der Waals surface area contributed by atoms with Crippen molar-refractivity contribution in [3.05, 3.63) is 59.2 Å². The van der Waals surface area contributed by atoms with Crippen LogP contribution in [-0.2, 0) is 12.8 Å². The Bertz CT molecular complexity index is 712. The summed E-state index contributed by atoms with van der Waals surface area (Å²) in [6.07, 6.45) is 4.40. The topological polar surface area (TPSA) is 33.3 Å². The Labute approximate surface area is 149 Å². The minimum Gasteiger partial charge on any atom is -0.497 e. The van der Waals surface area contributed by atoms with Gasteiger partial charge in [-0.1, -0.05) is 25.1 Å². The van der Waals surface area contributed by atoms with Crippen molar-refractivity contribution in [2.24, 2.45) is 0 Å². The van der Waals surface area contributed by atoms with Crippen LogP contribution >= 0.6 is 12.2 Å². The minimum absolute atomic E-state index is 0.259. The summed E-state index contributed by atoms with van der Waals surface area (Å²) in [5, 5.41) is 7.43. The lowest BCUT2D eigenvalue weighted by molar-refractivity contribution is 0.412. The predicted molar refractivity (Wildman–Crippen MR) is 104 cm³/mol. The lowest BCUT2D eigenvalue weighted by atomic mass is 9.87. The first-order valence-corrected chi connectivity index (χ1v) is 8.93. The minimum atomic E-state index is 0.259. The summed E-state index contributed by atoms with van der Waals surface area (Å²) in [5.41, 5.74) is 5.03. The van der Waals surface area contributed by atoms with E-state index in [1.165, 1.54) is 16.7 Å². The average Bonchev–Trinajstić information content (AvgIpc) is 2.62. The fourth-order valence-electron chi connectivity index (χ4n) is 3.22. The van der Waals surface area contributed by atoms with E-state index in [-0.39, 0.29) is 6.04 Å². The Kier molecular flexibility index (Phi) is 5.36. The van der Waals surface area contributed by atoms with Gasteiger partial charge in [0.1, 0.15) is 5.75 Å². The molecule has 0 heterocycles. The van der Waals surface area contributed by atoms with Crippen LogP contribution < -0.4 is 15.4 Å². The zero-order chi connectivity index (χ0) is 16.9. The van der Waals surface area contributed by atoms with E-state index in [4.69, 9.17) is 17.0 Å². The van der Waals surface area contributed by atoms with Crippen molar-refractivity contribution >= 4 is 23.0 Å². The zero-order valence-corrected chi connectivity index (χ0v) is 15.1. The molecule has 2 aromatic rings. The summed E-state index contributed by atoms with van der Waals surface area (Å²) in [7, 11) is 1.71. The van der Waals surface area contributed by atoms with E-state index < -0.39 is 0 Å². The Morgan fingerprint density at radius 3 is 2.71 bits per heavy atom. The number of rotatable bonds is 4. The van der Waals surface area contributed by atoms with Crippen LogP contribution in [0.4, 0.5) is 5.69 Å². The van der Waals surface area contributed by atoms with Gasteiger partial charge >= 0.3 is 0 Å². The smallest absolute Gasteiger partial charge is 0.171 e. The molecule has 2 aromatic carbocycles. The van der Waals surface area contributed by atoms with Crippen molar-refractivity contribution in [3.63, 3.8) is 0 Å². The first kappa shape index (κ1) is 16.8. The van der Waals surface area contributed by atoms with Crippen LogP contribution in [0.2, 0.25) is 0 Å². The third-order valence-electron chi connectivity index (χ3n) is 4.59. The van der Waals surface area contributed by atoms with Gasteiger partial charge in [0.25, 0.3) is 0 Å². The molecule has 0 saturated heterocycles. The first-order valence-electron chi connectivity index (χ1n) is 8.53. The summed E-state index contributed by atoms with van der Waals surface area (Å²) >= 11 is 5.51. The molecule has 0 unspecified atom stereocenters. The molecule has 0 spiro atoms. The molecule has 4 heteroatoms. The third-order valence-corrected chi connectivity index (χ3v) is 4.81. The van der Waals surface area contributed by atoms with Crippen LogP contribution in [0.15, 0.2) is 42.5 Å². The molecule has 3 nitrogen and oxygen atoms in total. The first-order chi connectivity index (χ1) is 11.7. The van der Waals surface area contributed by atoms with Gasteiger partial charge in [-0.05, 0) is 78.9 Å². The van der Waals surface area contributed by atoms with E-state index in [1.54, 1.807) is 7.11 Å². The number of hydrogen-bond acceptors (Lipinski definition) is 2. The van der Waals surface area contributed by atoms with Crippen molar-refractivity contribution in [2.75, 3.05) is 12.4 Å². The molecule has 0 aromatic heterocycles. The molecule has 1 aliphatic rings. The van der Waals surface area contributed by atoms with Gasteiger partial charge in [-0.3, -0.25) is 0 Å². The highest BCUT2D eigenvalue weighted by Gasteiger charge is 2.21. The second kappa shape index (κ2) is 7.67. The van der Waals surface area contributed by atoms with Crippen molar-refractivity contribution < 1.29 is 4.74 Å². The summed E-state index contributed by atoms with van der Waals surface area (Å²) in [6.45, 7) is 2.16. The van der Waals surface area contributed by atoms with Crippen LogP contribution in [0.3, 0.4) is 0 Å². The quantitative estimate of drug-likeness (QED) is 0.796. The summed E-state index contributed by atoms with van der Waals surface area (Å²) in [6, 6.07) is 15.0. The second-order valence-electron chi connectivity index (χ2n) is 6.16. The highest BCUT2D eigenvalue weighted by Crippen LogP contribution is 2.32. The molecule has 0 amide bonds. The van der Waals surface area contributed by atoms with E-state index in [2.05, 4.69) is 54.0 Å². The van der Waals surface area contributed by atoms with Gasteiger partial charge in [-0.25, -0.2) is 0 Å². The fourth-order valence-corrected chi connectivity index (χ4v) is 3.48. The number of fused-ring (bicyclic) bond motifs is 1. The van der Waals surface area contributed by atoms with E-state index in [1.807, 2.05) is 6.07 Å². The molecule has 0 saturated carbocycles. The van der Waals surface area contributed by atoms with Gasteiger partial charge in [0.05, 0.1) is 13.2 Å². The van der Waals surface area contributed by atoms with E-state index in [0.717, 1.165) is 37.1 Å². The van der Waals surface area contributed by atoms with Crippen LogP contribution in [0, 0.1) is 0 Å². The number of thiocarbonyl (C=S) groups is 1. The van der Waals surface area contributed by atoms with Crippen LogP contribution in [0.5, 0.6) is 5.75 Å². The number of nitrogens with one attached hydrogen (secondary N) is 2. The van der Waals surface area contributed by atoms with Crippen LogP contribution in [-0.4, -0.2) is 12.2 Å². The van der Waals surface area contributed by atoms with Crippen molar-refractivity contribution in [3.8, 4) is 5.75 Å². The maximum atomic E-state index is 5.51. The predicted octanol–water partition coefficient (Wildman–Crippen LogP) is 4.62. The number of hydrogen-bond donors (Lipinski definition) is 2. The standard InChI is InChI=1S/C20H24N2OS/c1-3-14-7-9-16(10-8-14)21-20(24)22-19-6-4-5-15-13-17(23-2)11-12-18(15)19/h7-13,19H,3-6H2,1-2H3,(H2,21,22,24)/t19-/m0/s1. The highest BCUT2D eigenvalue weighted by atomic mass is 32.1. The maximum Gasteiger partial charge on any atom is 0.171 e. The Morgan fingerprint density at radius 1 is 1.21 bits per heavy atom. The van der Waals surface area contributed by atoms with Crippen molar-refractivity contribution in [1.82, 2.24) is 5.32 Å². The van der Waals surface area contributed by atoms with Crippen molar-refractivity contribution in [2.45, 2.75) is 38.6 Å². The fraction of sp³-hybridized carbons (Fsp3) is 0.350. The average molecular weight is 340 g/mol. The van der Waals surface area contributed by atoms with Gasteiger partial charge in [0.2, 0.25) is 0 Å². The zero-order valence-electron chi connectivity index (χ0n) is 14.3. The van der Waals surface area contributed by atoms with Gasteiger partial charge in [-0.15, -0.1) is 0 Å².